The summed E-state index contributed by atoms with van der Waals surface area (Å²) in [4.78, 5) is 26.6. The van der Waals surface area contributed by atoms with E-state index >= 15 is 0 Å². The minimum Gasteiger partial charge on any atom is -0.496 e. The highest BCUT2D eigenvalue weighted by Gasteiger charge is 2.32. The van der Waals surface area contributed by atoms with Crippen molar-refractivity contribution in [3.8, 4) is 5.75 Å². The van der Waals surface area contributed by atoms with Gasteiger partial charge in [-0.2, -0.15) is 0 Å². The van der Waals surface area contributed by atoms with Gasteiger partial charge in [0.15, 0.2) is 6.61 Å². The molecular weight excluding hydrogens is 456 g/mol. The van der Waals surface area contributed by atoms with Crippen LogP contribution in [0.25, 0.3) is 0 Å². The van der Waals surface area contributed by atoms with Crippen LogP contribution in [-0.2, 0) is 26.0 Å². The minimum atomic E-state index is -3.92. The molecule has 0 bridgehead atoms. The van der Waals surface area contributed by atoms with Crippen LogP contribution in [0.1, 0.15) is 15.9 Å². The topological polar surface area (TPSA) is 93.2 Å². The van der Waals surface area contributed by atoms with Gasteiger partial charge < -0.3 is 14.4 Å². The number of esters is 1. The molecule has 0 fully saturated rings. The number of fused-ring (bicyclic) bond motifs is 1. The van der Waals surface area contributed by atoms with E-state index in [4.69, 9.17) is 9.47 Å². The number of rotatable bonds is 7. The Labute approximate surface area is 198 Å². The fourth-order valence-electron chi connectivity index (χ4n) is 3.79. The molecule has 0 saturated heterocycles. The standard InChI is InChI=1S/C25H24N2O6S/c1-26(19-9-4-3-5-10-19)24(28)17-33-25(29)21-16-20(12-13-23(21)32-2)34(30,31)27-15-14-18-8-6-7-11-22(18)27/h3-13,16H,14-15,17H2,1-2H3. The Kier molecular flexibility index (Phi) is 6.56. The van der Waals surface area contributed by atoms with Crippen LogP contribution in [0.2, 0.25) is 0 Å². The number of methoxy groups -OCH3 is 1. The van der Waals surface area contributed by atoms with Gasteiger partial charge in [-0.3, -0.25) is 9.10 Å². The van der Waals surface area contributed by atoms with Crippen molar-refractivity contribution in [2.45, 2.75) is 11.3 Å². The third-order valence-corrected chi connectivity index (χ3v) is 7.48. The van der Waals surface area contributed by atoms with Crippen LogP contribution in [0.5, 0.6) is 5.75 Å². The lowest BCUT2D eigenvalue weighted by Crippen LogP contribution is -2.31. The molecule has 1 aliphatic rings. The predicted molar refractivity (Wildman–Crippen MR) is 128 cm³/mol. The number of hydrogen-bond acceptors (Lipinski definition) is 6. The molecule has 34 heavy (non-hydrogen) atoms. The Bertz CT molecular complexity index is 1320. The number of nitrogens with zero attached hydrogens (tertiary/aromatic N) is 2. The average Bonchev–Trinajstić information content (AvgIpc) is 3.32. The Morgan fingerprint density at radius 2 is 1.71 bits per heavy atom. The summed E-state index contributed by atoms with van der Waals surface area (Å²) in [7, 11) is -0.976. The molecule has 8 nitrogen and oxygen atoms in total. The van der Waals surface area contributed by atoms with E-state index in [1.807, 2.05) is 18.2 Å². The summed E-state index contributed by atoms with van der Waals surface area (Å²) in [6.07, 6.45) is 0.609. The number of carbonyl (C=O) groups is 2. The van der Waals surface area contributed by atoms with Crippen LogP contribution >= 0.6 is 0 Å². The summed E-state index contributed by atoms with van der Waals surface area (Å²) in [5.41, 5.74) is 2.14. The van der Waals surface area contributed by atoms with Crippen molar-refractivity contribution in [3.63, 3.8) is 0 Å². The summed E-state index contributed by atoms with van der Waals surface area (Å²) in [5, 5.41) is 0. The lowest BCUT2D eigenvalue weighted by molar-refractivity contribution is -0.121. The van der Waals surface area contributed by atoms with Crippen molar-refractivity contribution in [2.75, 3.05) is 36.5 Å². The fraction of sp³-hybridized carbons (Fsp3) is 0.200. The number of amides is 1. The van der Waals surface area contributed by atoms with Crippen LogP contribution in [-0.4, -0.2) is 47.6 Å². The summed E-state index contributed by atoms with van der Waals surface area (Å²) in [6.45, 7) is -0.197. The number of sulfonamides is 1. The van der Waals surface area contributed by atoms with Crippen LogP contribution in [0, 0.1) is 0 Å². The van der Waals surface area contributed by atoms with Gasteiger partial charge in [0.05, 0.1) is 17.7 Å². The van der Waals surface area contributed by atoms with Crippen molar-refractivity contribution in [1.29, 1.82) is 0 Å². The van der Waals surface area contributed by atoms with Gasteiger partial charge in [0.2, 0.25) is 0 Å². The monoisotopic (exact) mass is 480 g/mol. The molecule has 1 aliphatic heterocycles. The Morgan fingerprint density at radius 3 is 2.44 bits per heavy atom. The second-order valence-electron chi connectivity index (χ2n) is 7.68. The first-order valence-electron chi connectivity index (χ1n) is 10.6. The first-order chi connectivity index (χ1) is 16.3. The molecule has 0 aromatic heterocycles. The van der Waals surface area contributed by atoms with E-state index in [9.17, 15) is 18.0 Å². The molecule has 0 atom stereocenters. The zero-order valence-corrected chi connectivity index (χ0v) is 19.6. The third kappa shape index (κ3) is 4.47. The highest BCUT2D eigenvalue weighted by molar-refractivity contribution is 7.92. The molecule has 0 radical (unpaired) electrons. The maximum atomic E-state index is 13.4. The van der Waals surface area contributed by atoms with Crippen LogP contribution < -0.4 is 13.9 Å². The van der Waals surface area contributed by atoms with Gasteiger partial charge in [-0.1, -0.05) is 36.4 Å². The van der Waals surface area contributed by atoms with Gasteiger partial charge in [0, 0.05) is 19.3 Å². The highest BCUT2D eigenvalue weighted by Crippen LogP contribution is 2.34. The van der Waals surface area contributed by atoms with Gasteiger partial charge in [-0.05, 0) is 48.4 Å². The lowest BCUT2D eigenvalue weighted by Gasteiger charge is -2.20. The smallest absolute Gasteiger partial charge is 0.342 e. The lowest BCUT2D eigenvalue weighted by atomic mass is 10.2. The predicted octanol–water partition coefficient (Wildman–Crippen LogP) is 3.27. The minimum absolute atomic E-state index is 0.0651. The molecule has 1 heterocycles. The van der Waals surface area contributed by atoms with E-state index in [1.54, 1.807) is 43.4 Å². The molecule has 0 spiro atoms. The number of hydrogen-bond donors (Lipinski definition) is 0. The Balaban J connectivity index is 1.54. The number of anilines is 2. The number of carbonyl (C=O) groups excluding carboxylic acids is 2. The maximum absolute atomic E-state index is 13.4. The quantitative estimate of drug-likeness (QED) is 0.482. The molecule has 1 amide bonds. The van der Waals surface area contributed by atoms with E-state index in [0.29, 0.717) is 24.3 Å². The second-order valence-corrected chi connectivity index (χ2v) is 9.54. The van der Waals surface area contributed by atoms with Crippen LogP contribution in [0.15, 0.2) is 77.7 Å². The molecule has 0 unspecified atom stereocenters. The van der Waals surface area contributed by atoms with Crippen LogP contribution in [0.3, 0.4) is 0 Å². The number of para-hydroxylation sites is 2. The zero-order valence-electron chi connectivity index (χ0n) is 18.8. The number of benzene rings is 3. The summed E-state index contributed by atoms with van der Waals surface area (Å²) in [6, 6.07) is 20.3. The third-order valence-electron chi connectivity index (χ3n) is 5.67. The Hall–Kier alpha value is -3.85. The van der Waals surface area contributed by atoms with E-state index in [-0.39, 0.29) is 16.2 Å². The van der Waals surface area contributed by atoms with E-state index in [2.05, 4.69) is 0 Å². The first kappa shape index (κ1) is 23.3. The van der Waals surface area contributed by atoms with Gasteiger partial charge in [-0.15, -0.1) is 0 Å². The molecule has 3 aromatic rings. The molecule has 4 rings (SSSR count). The van der Waals surface area contributed by atoms with Crippen molar-refractivity contribution in [3.05, 3.63) is 83.9 Å². The summed E-state index contributed by atoms with van der Waals surface area (Å²) < 4.78 is 38.5. The Morgan fingerprint density at radius 1 is 1.00 bits per heavy atom. The summed E-state index contributed by atoms with van der Waals surface area (Å²) in [5.74, 6) is -1.14. The number of ether oxygens (including phenoxy) is 2. The van der Waals surface area contributed by atoms with Crippen molar-refractivity contribution >= 4 is 33.3 Å². The van der Waals surface area contributed by atoms with Crippen molar-refractivity contribution in [1.82, 2.24) is 0 Å². The fourth-order valence-corrected chi connectivity index (χ4v) is 5.32. The van der Waals surface area contributed by atoms with E-state index in [0.717, 1.165) is 5.56 Å². The van der Waals surface area contributed by atoms with Gasteiger partial charge in [-0.25, -0.2) is 13.2 Å². The largest absolute Gasteiger partial charge is 0.496 e. The van der Waals surface area contributed by atoms with Crippen molar-refractivity contribution in [2.24, 2.45) is 0 Å². The second kappa shape index (κ2) is 9.56. The van der Waals surface area contributed by atoms with Crippen molar-refractivity contribution < 1.29 is 27.5 Å². The molecule has 3 aromatic carbocycles. The molecule has 0 aliphatic carbocycles. The summed E-state index contributed by atoms with van der Waals surface area (Å²) >= 11 is 0. The molecule has 0 N–H and O–H groups in total. The highest BCUT2D eigenvalue weighted by atomic mass is 32.2. The van der Waals surface area contributed by atoms with Gasteiger partial charge >= 0.3 is 5.97 Å². The average molecular weight is 481 g/mol. The van der Waals surface area contributed by atoms with Crippen LogP contribution in [0.4, 0.5) is 11.4 Å². The molecule has 9 heteroatoms. The molecular formula is C25H24N2O6S. The van der Waals surface area contributed by atoms with E-state index < -0.39 is 28.5 Å². The van der Waals surface area contributed by atoms with E-state index in [1.165, 1.54) is 34.5 Å². The molecule has 0 saturated carbocycles. The van der Waals surface area contributed by atoms with Gasteiger partial charge in [0.25, 0.3) is 15.9 Å². The SMILES string of the molecule is COc1ccc(S(=O)(=O)N2CCc3ccccc32)cc1C(=O)OCC(=O)N(C)c1ccccc1. The zero-order chi connectivity index (χ0) is 24.3. The molecule has 176 valence electrons. The number of likely N-dealkylation sites (N-methyl/N-ethyl adjacent to an activating group) is 1. The first-order valence-corrected chi connectivity index (χ1v) is 12.0. The maximum Gasteiger partial charge on any atom is 0.342 e. The van der Waals surface area contributed by atoms with Gasteiger partial charge in [0.1, 0.15) is 11.3 Å². The normalized spacial score (nSPS) is 12.7.